The highest BCUT2D eigenvalue weighted by molar-refractivity contribution is 6.12. The third kappa shape index (κ3) is 2.80. The third-order valence-electron chi connectivity index (χ3n) is 5.36. The second-order valence-electron chi connectivity index (χ2n) is 6.82. The van der Waals surface area contributed by atoms with E-state index in [9.17, 15) is 13.6 Å². The number of amides is 1. The lowest BCUT2D eigenvalue weighted by Crippen LogP contribution is -2.65. The van der Waals surface area contributed by atoms with Crippen LogP contribution in [0, 0.1) is 23.0 Å². The molecule has 3 unspecified atom stereocenters. The zero-order chi connectivity index (χ0) is 19.1. The standard InChI is InChI=1S/C21H17F2N3O/c1-2-18-20(15-8-7-14(22)9-16(15)23)21-25-17(10-19(27)26(18)21)13-5-3-12(11-24)4-6-13/h3-9,18,20-21H,2,10H2,1H3. The van der Waals surface area contributed by atoms with E-state index in [1.807, 2.05) is 6.92 Å². The fourth-order valence-corrected chi connectivity index (χ4v) is 4.06. The number of nitrogens with zero attached hydrogens (tertiary/aromatic N) is 3. The molecule has 3 atom stereocenters. The van der Waals surface area contributed by atoms with E-state index in [1.54, 1.807) is 29.2 Å². The van der Waals surface area contributed by atoms with Crippen LogP contribution in [0.2, 0.25) is 0 Å². The molecule has 27 heavy (non-hydrogen) atoms. The predicted molar refractivity (Wildman–Crippen MR) is 96.1 cm³/mol. The first-order valence-electron chi connectivity index (χ1n) is 8.86. The summed E-state index contributed by atoms with van der Waals surface area (Å²) >= 11 is 0. The summed E-state index contributed by atoms with van der Waals surface area (Å²) in [5.74, 6) is -1.57. The van der Waals surface area contributed by atoms with Crippen LogP contribution < -0.4 is 0 Å². The summed E-state index contributed by atoms with van der Waals surface area (Å²) < 4.78 is 27.7. The van der Waals surface area contributed by atoms with Crippen molar-refractivity contribution in [3.8, 4) is 6.07 Å². The minimum Gasteiger partial charge on any atom is -0.316 e. The van der Waals surface area contributed by atoms with Crippen molar-refractivity contribution in [3.05, 3.63) is 70.8 Å². The van der Waals surface area contributed by atoms with E-state index >= 15 is 0 Å². The molecule has 1 saturated heterocycles. The molecule has 2 aliphatic rings. The maximum Gasteiger partial charge on any atom is 0.230 e. The molecule has 6 heteroatoms. The summed E-state index contributed by atoms with van der Waals surface area (Å²) in [6.07, 6.45) is 0.366. The molecule has 2 aromatic rings. The van der Waals surface area contributed by atoms with E-state index in [0.29, 0.717) is 23.3 Å². The quantitative estimate of drug-likeness (QED) is 0.832. The fourth-order valence-electron chi connectivity index (χ4n) is 4.06. The van der Waals surface area contributed by atoms with Gasteiger partial charge in [0.1, 0.15) is 17.8 Å². The molecule has 2 aromatic carbocycles. The van der Waals surface area contributed by atoms with Crippen LogP contribution in [0.15, 0.2) is 47.5 Å². The zero-order valence-corrected chi connectivity index (χ0v) is 14.7. The molecule has 0 bridgehead atoms. The third-order valence-corrected chi connectivity index (χ3v) is 5.36. The zero-order valence-electron chi connectivity index (χ0n) is 14.7. The second-order valence-corrected chi connectivity index (χ2v) is 6.82. The van der Waals surface area contributed by atoms with Crippen molar-refractivity contribution < 1.29 is 13.6 Å². The minimum atomic E-state index is -0.623. The highest BCUT2D eigenvalue weighted by atomic mass is 19.1. The number of benzene rings is 2. The van der Waals surface area contributed by atoms with Gasteiger partial charge in [-0.05, 0) is 35.7 Å². The van der Waals surface area contributed by atoms with E-state index in [0.717, 1.165) is 11.6 Å². The molecule has 2 aliphatic heterocycles. The van der Waals surface area contributed by atoms with Crippen LogP contribution in [0.3, 0.4) is 0 Å². The first kappa shape index (κ1) is 17.3. The highest BCUT2D eigenvalue weighted by Crippen LogP contribution is 2.46. The summed E-state index contributed by atoms with van der Waals surface area (Å²) in [4.78, 5) is 19.1. The van der Waals surface area contributed by atoms with Gasteiger partial charge in [-0.1, -0.05) is 25.1 Å². The summed E-state index contributed by atoms with van der Waals surface area (Å²) in [6, 6.07) is 12.4. The first-order chi connectivity index (χ1) is 13.0. The molecule has 1 fully saturated rings. The van der Waals surface area contributed by atoms with Crippen LogP contribution >= 0.6 is 0 Å². The molecule has 0 aliphatic carbocycles. The van der Waals surface area contributed by atoms with E-state index in [4.69, 9.17) is 10.3 Å². The summed E-state index contributed by atoms with van der Waals surface area (Å²) in [6.45, 7) is 1.95. The average molecular weight is 365 g/mol. The van der Waals surface area contributed by atoms with Gasteiger partial charge in [-0.15, -0.1) is 0 Å². The molecule has 0 spiro atoms. The van der Waals surface area contributed by atoms with Crippen LogP contribution in [-0.2, 0) is 4.79 Å². The van der Waals surface area contributed by atoms with Crippen LogP contribution in [0.25, 0.3) is 0 Å². The molecule has 0 saturated carbocycles. The number of aliphatic imine (C=N–C) groups is 1. The number of halogens is 2. The monoisotopic (exact) mass is 365 g/mol. The summed E-state index contributed by atoms with van der Waals surface area (Å²) in [7, 11) is 0. The van der Waals surface area contributed by atoms with Crippen LogP contribution in [0.1, 0.15) is 42.4 Å². The molecule has 1 amide bonds. The van der Waals surface area contributed by atoms with Crippen molar-refractivity contribution in [1.29, 1.82) is 5.26 Å². The molecule has 0 aromatic heterocycles. The van der Waals surface area contributed by atoms with Gasteiger partial charge >= 0.3 is 0 Å². The molecule has 0 radical (unpaired) electrons. The Morgan fingerprint density at radius 3 is 2.59 bits per heavy atom. The van der Waals surface area contributed by atoms with Gasteiger partial charge in [0.25, 0.3) is 0 Å². The Morgan fingerprint density at radius 1 is 1.22 bits per heavy atom. The molecule has 2 heterocycles. The predicted octanol–water partition coefficient (Wildman–Crippen LogP) is 3.76. The molecular formula is C21H17F2N3O. The Hall–Kier alpha value is -3.07. The Labute approximate surface area is 155 Å². The second kappa shape index (κ2) is 6.58. The lowest BCUT2D eigenvalue weighted by atomic mass is 9.76. The van der Waals surface area contributed by atoms with Crippen molar-refractivity contribution in [3.63, 3.8) is 0 Å². The lowest BCUT2D eigenvalue weighted by molar-refractivity contribution is -0.147. The van der Waals surface area contributed by atoms with Crippen molar-refractivity contribution >= 4 is 11.6 Å². The number of nitriles is 1. The number of hydrogen-bond donors (Lipinski definition) is 0. The van der Waals surface area contributed by atoms with Crippen molar-refractivity contribution in [1.82, 2.24) is 4.90 Å². The average Bonchev–Trinajstić information content (AvgIpc) is 2.65. The van der Waals surface area contributed by atoms with Gasteiger partial charge in [0, 0.05) is 18.0 Å². The number of carbonyl (C=O) groups is 1. The Bertz CT molecular complexity index is 978. The van der Waals surface area contributed by atoms with Crippen LogP contribution in [0.4, 0.5) is 8.78 Å². The Balaban J connectivity index is 1.72. The topological polar surface area (TPSA) is 56.5 Å². The highest BCUT2D eigenvalue weighted by Gasteiger charge is 2.53. The largest absolute Gasteiger partial charge is 0.316 e. The molecule has 4 rings (SSSR count). The van der Waals surface area contributed by atoms with E-state index in [1.165, 1.54) is 12.1 Å². The number of fused-ring (bicyclic) bond motifs is 1. The Morgan fingerprint density at radius 2 is 1.96 bits per heavy atom. The van der Waals surface area contributed by atoms with Gasteiger partial charge in [-0.2, -0.15) is 5.26 Å². The maximum absolute atomic E-state index is 14.4. The van der Waals surface area contributed by atoms with Crippen LogP contribution in [0.5, 0.6) is 0 Å². The van der Waals surface area contributed by atoms with E-state index < -0.39 is 17.8 Å². The van der Waals surface area contributed by atoms with Gasteiger partial charge in [-0.25, -0.2) is 8.78 Å². The van der Waals surface area contributed by atoms with Gasteiger partial charge in [0.2, 0.25) is 5.91 Å². The Kier molecular flexibility index (Phi) is 4.23. The minimum absolute atomic E-state index is 0.0417. The smallest absolute Gasteiger partial charge is 0.230 e. The molecule has 0 N–H and O–H groups in total. The van der Waals surface area contributed by atoms with Gasteiger partial charge in [0.05, 0.1) is 23.8 Å². The summed E-state index contributed by atoms with van der Waals surface area (Å²) in [5, 5.41) is 8.93. The molecule has 136 valence electrons. The van der Waals surface area contributed by atoms with Crippen molar-refractivity contribution in [2.75, 3.05) is 0 Å². The SMILES string of the molecule is CCC1C(c2ccc(F)cc2F)C2N=C(c3ccc(C#N)cc3)CC(=O)N12. The van der Waals surface area contributed by atoms with E-state index in [2.05, 4.69) is 6.07 Å². The normalized spacial score (nSPS) is 23.9. The lowest BCUT2D eigenvalue weighted by Gasteiger charge is -2.55. The number of carbonyl (C=O) groups excluding carboxylic acids is 1. The van der Waals surface area contributed by atoms with E-state index in [-0.39, 0.29) is 24.3 Å². The van der Waals surface area contributed by atoms with Crippen molar-refractivity contribution in [2.45, 2.75) is 37.9 Å². The fraction of sp³-hybridized carbons (Fsp3) is 0.286. The molecule has 4 nitrogen and oxygen atoms in total. The maximum atomic E-state index is 14.4. The number of rotatable bonds is 3. The summed E-state index contributed by atoms with van der Waals surface area (Å²) in [5.41, 5.74) is 2.33. The van der Waals surface area contributed by atoms with Crippen molar-refractivity contribution in [2.24, 2.45) is 4.99 Å². The molecular weight excluding hydrogens is 348 g/mol. The van der Waals surface area contributed by atoms with Gasteiger partial charge in [-0.3, -0.25) is 9.79 Å². The number of hydrogen-bond acceptors (Lipinski definition) is 3. The van der Waals surface area contributed by atoms with Gasteiger partial charge in [0.15, 0.2) is 0 Å². The van der Waals surface area contributed by atoms with Gasteiger partial charge < -0.3 is 4.90 Å². The van der Waals surface area contributed by atoms with Crippen LogP contribution in [-0.4, -0.2) is 28.7 Å². The first-order valence-corrected chi connectivity index (χ1v) is 8.86.